The van der Waals surface area contributed by atoms with Crippen molar-refractivity contribution in [3.8, 4) is 17.2 Å². The fraction of sp³-hybridized carbons (Fsp3) is 0.350. The number of carbonyl (C=O) groups is 1. The van der Waals surface area contributed by atoms with Gasteiger partial charge in [-0.25, -0.2) is 0 Å². The minimum atomic E-state index is -0.211. The van der Waals surface area contributed by atoms with E-state index >= 15 is 0 Å². The summed E-state index contributed by atoms with van der Waals surface area (Å²) in [5, 5.41) is 3.27. The van der Waals surface area contributed by atoms with Crippen LogP contribution < -0.4 is 19.5 Å². The van der Waals surface area contributed by atoms with E-state index in [0.717, 1.165) is 22.4 Å². The number of para-hydroxylation sites is 1. The quantitative estimate of drug-likeness (QED) is 0.753. The number of halogens is 1. The molecule has 0 saturated carbocycles. The van der Waals surface area contributed by atoms with Gasteiger partial charge in [0.1, 0.15) is 5.75 Å². The Morgan fingerprint density at radius 2 is 1.81 bits per heavy atom. The summed E-state index contributed by atoms with van der Waals surface area (Å²) in [7, 11) is 1.55. The first-order chi connectivity index (χ1) is 12.5. The van der Waals surface area contributed by atoms with Crippen LogP contribution >= 0.6 is 11.6 Å². The average molecular weight is 378 g/mol. The van der Waals surface area contributed by atoms with Crippen LogP contribution in [0.1, 0.15) is 23.6 Å². The normalized spacial score (nSPS) is 10.3. The number of ether oxygens (including phenoxy) is 3. The van der Waals surface area contributed by atoms with Crippen LogP contribution in [0.2, 0.25) is 5.02 Å². The first kappa shape index (κ1) is 19.9. The van der Waals surface area contributed by atoms with E-state index in [0.29, 0.717) is 29.7 Å². The van der Waals surface area contributed by atoms with Gasteiger partial charge in [0.25, 0.3) is 5.91 Å². The van der Waals surface area contributed by atoms with Gasteiger partial charge < -0.3 is 19.5 Å². The largest absolute Gasteiger partial charge is 0.493 e. The van der Waals surface area contributed by atoms with E-state index in [-0.39, 0.29) is 12.5 Å². The summed E-state index contributed by atoms with van der Waals surface area (Å²) >= 11 is 6.24. The number of benzene rings is 2. The molecule has 2 rings (SSSR count). The highest BCUT2D eigenvalue weighted by molar-refractivity contribution is 6.32. The molecule has 0 atom stereocenters. The lowest BCUT2D eigenvalue weighted by atomic mass is 10.1. The Labute approximate surface area is 159 Å². The number of methoxy groups -OCH3 is 1. The van der Waals surface area contributed by atoms with Crippen LogP contribution in [0.4, 0.5) is 0 Å². The van der Waals surface area contributed by atoms with Gasteiger partial charge in [0.05, 0.1) is 18.7 Å². The summed E-state index contributed by atoms with van der Waals surface area (Å²) in [5.41, 5.74) is 2.82. The van der Waals surface area contributed by atoms with Gasteiger partial charge in [-0.05, 0) is 49.6 Å². The van der Waals surface area contributed by atoms with Gasteiger partial charge in [-0.15, -0.1) is 0 Å². The molecule has 5 nitrogen and oxygen atoms in total. The fourth-order valence-electron chi connectivity index (χ4n) is 2.58. The molecular formula is C20H24ClNO4. The van der Waals surface area contributed by atoms with E-state index in [1.165, 1.54) is 0 Å². The molecule has 0 unspecified atom stereocenters. The van der Waals surface area contributed by atoms with Crippen molar-refractivity contribution >= 4 is 17.5 Å². The summed E-state index contributed by atoms with van der Waals surface area (Å²) in [6, 6.07) is 9.41. The third kappa shape index (κ3) is 5.05. The third-order valence-electron chi connectivity index (χ3n) is 3.82. The maximum Gasteiger partial charge on any atom is 0.258 e. The van der Waals surface area contributed by atoms with Gasteiger partial charge in [0.15, 0.2) is 18.1 Å². The van der Waals surface area contributed by atoms with Gasteiger partial charge in [-0.2, -0.15) is 0 Å². The number of nitrogens with one attached hydrogen (secondary N) is 1. The SMILES string of the molecule is CCOc1c(Cl)cc(CNC(=O)COc2c(C)cccc2C)cc1OC. The predicted octanol–water partition coefficient (Wildman–Crippen LogP) is 4.06. The summed E-state index contributed by atoms with van der Waals surface area (Å²) in [6.07, 6.45) is 0. The Kier molecular flexibility index (Phi) is 7.16. The molecule has 140 valence electrons. The highest BCUT2D eigenvalue weighted by atomic mass is 35.5. The number of amides is 1. The van der Waals surface area contributed by atoms with E-state index in [1.807, 2.05) is 39.0 Å². The van der Waals surface area contributed by atoms with Crippen LogP contribution in [0.3, 0.4) is 0 Å². The number of hydrogen-bond donors (Lipinski definition) is 1. The van der Waals surface area contributed by atoms with Crippen LogP contribution in [0.5, 0.6) is 17.2 Å². The lowest BCUT2D eigenvalue weighted by molar-refractivity contribution is -0.123. The van der Waals surface area contributed by atoms with Gasteiger partial charge in [-0.3, -0.25) is 4.79 Å². The summed E-state index contributed by atoms with van der Waals surface area (Å²) in [6.45, 7) is 6.54. The molecule has 1 amide bonds. The van der Waals surface area contributed by atoms with Crippen molar-refractivity contribution in [2.24, 2.45) is 0 Å². The van der Waals surface area contributed by atoms with Gasteiger partial charge in [0.2, 0.25) is 0 Å². The Morgan fingerprint density at radius 1 is 1.12 bits per heavy atom. The zero-order valence-corrected chi connectivity index (χ0v) is 16.3. The van der Waals surface area contributed by atoms with E-state index in [1.54, 1.807) is 19.2 Å². The Hall–Kier alpha value is -2.40. The number of rotatable bonds is 8. The Balaban J connectivity index is 1.96. The molecule has 0 fully saturated rings. The van der Waals surface area contributed by atoms with Crippen molar-refractivity contribution in [2.75, 3.05) is 20.3 Å². The van der Waals surface area contributed by atoms with Crippen LogP contribution in [-0.2, 0) is 11.3 Å². The van der Waals surface area contributed by atoms with E-state index in [2.05, 4.69) is 5.32 Å². The third-order valence-corrected chi connectivity index (χ3v) is 4.10. The molecule has 0 saturated heterocycles. The minimum Gasteiger partial charge on any atom is -0.493 e. The standard InChI is InChI=1S/C20H24ClNO4/c1-5-25-20-16(21)9-15(10-17(20)24-4)11-22-18(23)12-26-19-13(2)7-6-8-14(19)3/h6-10H,5,11-12H2,1-4H3,(H,22,23). The molecular weight excluding hydrogens is 354 g/mol. The number of aryl methyl sites for hydroxylation is 2. The molecule has 0 aliphatic rings. The van der Waals surface area contributed by atoms with Crippen molar-refractivity contribution in [1.29, 1.82) is 0 Å². The number of carbonyl (C=O) groups excluding carboxylic acids is 1. The van der Waals surface area contributed by atoms with Crippen LogP contribution in [0, 0.1) is 13.8 Å². The molecule has 0 radical (unpaired) electrons. The second-order valence-electron chi connectivity index (χ2n) is 5.83. The molecule has 0 heterocycles. The molecule has 6 heteroatoms. The highest BCUT2D eigenvalue weighted by Crippen LogP contribution is 2.36. The molecule has 2 aromatic carbocycles. The summed E-state index contributed by atoms with van der Waals surface area (Å²) < 4.78 is 16.5. The molecule has 0 bridgehead atoms. The van der Waals surface area contributed by atoms with E-state index in [4.69, 9.17) is 25.8 Å². The van der Waals surface area contributed by atoms with Crippen molar-refractivity contribution in [2.45, 2.75) is 27.3 Å². The van der Waals surface area contributed by atoms with Gasteiger partial charge in [0, 0.05) is 6.54 Å². The Morgan fingerprint density at radius 3 is 2.42 bits per heavy atom. The zero-order valence-electron chi connectivity index (χ0n) is 15.5. The highest BCUT2D eigenvalue weighted by Gasteiger charge is 2.13. The molecule has 0 aromatic heterocycles. The van der Waals surface area contributed by atoms with Crippen molar-refractivity contribution in [3.05, 3.63) is 52.0 Å². The maximum atomic E-state index is 12.1. The molecule has 1 N–H and O–H groups in total. The van der Waals surface area contributed by atoms with Gasteiger partial charge in [-0.1, -0.05) is 29.8 Å². The molecule has 26 heavy (non-hydrogen) atoms. The van der Waals surface area contributed by atoms with Crippen molar-refractivity contribution in [3.63, 3.8) is 0 Å². The first-order valence-electron chi connectivity index (χ1n) is 8.41. The molecule has 0 spiro atoms. The fourth-order valence-corrected chi connectivity index (χ4v) is 2.86. The smallest absolute Gasteiger partial charge is 0.258 e. The topological polar surface area (TPSA) is 56.8 Å². The van der Waals surface area contributed by atoms with Crippen LogP contribution in [0.15, 0.2) is 30.3 Å². The number of hydrogen-bond acceptors (Lipinski definition) is 4. The summed E-state index contributed by atoms with van der Waals surface area (Å²) in [4.78, 5) is 12.1. The second kappa shape index (κ2) is 9.34. The summed E-state index contributed by atoms with van der Waals surface area (Å²) in [5.74, 6) is 1.57. The lowest BCUT2D eigenvalue weighted by Crippen LogP contribution is -2.28. The first-order valence-corrected chi connectivity index (χ1v) is 8.79. The van der Waals surface area contributed by atoms with Gasteiger partial charge >= 0.3 is 0 Å². The predicted molar refractivity (Wildman–Crippen MR) is 102 cm³/mol. The van der Waals surface area contributed by atoms with Crippen molar-refractivity contribution < 1.29 is 19.0 Å². The second-order valence-corrected chi connectivity index (χ2v) is 6.24. The molecule has 2 aromatic rings. The van der Waals surface area contributed by atoms with E-state index in [9.17, 15) is 4.79 Å². The van der Waals surface area contributed by atoms with E-state index < -0.39 is 0 Å². The zero-order chi connectivity index (χ0) is 19.1. The van der Waals surface area contributed by atoms with Crippen molar-refractivity contribution in [1.82, 2.24) is 5.32 Å². The minimum absolute atomic E-state index is 0.0480. The molecule has 0 aliphatic heterocycles. The Bertz CT molecular complexity index is 756. The molecule has 0 aliphatic carbocycles. The lowest BCUT2D eigenvalue weighted by Gasteiger charge is -2.14. The average Bonchev–Trinajstić information content (AvgIpc) is 2.61. The van der Waals surface area contributed by atoms with Crippen LogP contribution in [-0.4, -0.2) is 26.2 Å². The maximum absolute atomic E-state index is 12.1. The van der Waals surface area contributed by atoms with Crippen LogP contribution in [0.25, 0.3) is 0 Å². The monoisotopic (exact) mass is 377 g/mol.